The van der Waals surface area contributed by atoms with E-state index in [9.17, 15) is 10.1 Å². The molecule has 0 spiro atoms. The molecule has 4 aromatic carbocycles. The van der Waals surface area contributed by atoms with Crippen molar-refractivity contribution in [3.8, 4) is 23.1 Å². The van der Waals surface area contributed by atoms with Gasteiger partial charge in [0.1, 0.15) is 11.8 Å². The first-order valence-corrected chi connectivity index (χ1v) is 18.4. The third-order valence-electron chi connectivity index (χ3n) is 10.7. The Balaban J connectivity index is 1.31. The summed E-state index contributed by atoms with van der Waals surface area (Å²) in [5, 5.41) is 10.7. The van der Waals surface area contributed by atoms with E-state index in [0.717, 1.165) is 24.2 Å². The number of benzene rings is 4. The number of halogens is 1. The fraction of sp³-hybridized carbons (Fsp3) is 0.279. The molecule has 1 fully saturated rings. The molecule has 3 heterocycles. The lowest BCUT2D eigenvalue weighted by molar-refractivity contribution is 0.0193. The number of morpholine rings is 1. The second-order valence-corrected chi connectivity index (χ2v) is 14.3. The van der Waals surface area contributed by atoms with Crippen LogP contribution < -0.4 is 15.4 Å². The van der Waals surface area contributed by atoms with Crippen LogP contribution in [0.2, 0.25) is 5.02 Å². The Bertz CT molecular complexity index is 2240. The first-order chi connectivity index (χ1) is 26.2. The van der Waals surface area contributed by atoms with E-state index in [1.54, 1.807) is 29.2 Å². The number of carbonyl (C=O) groups excluding carboxylic acids is 2. The number of anilines is 2. The number of nitrogens with two attached hydrogens (primary N) is 1. The van der Waals surface area contributed by atoms with Crippen LogP contribution in [0, 0.1) is 18.3 Å². The zero-order valence-electron chi connectivity index (χ0n) is 30.7. The predicted octanol–water partition coefficient (Wildman–Crippen LogP) is 6.86. The highest BCUT2D eigenvalue weighted by molar-refractivity contribution is 6.30. The Morgan fingerprint density at radius 1 is 0.981 bits per heavy atom. The summed E-state index contributed by atoms with van der Waals surface area (Å²) in [7, 11) is 3.38. The maximum absolute atomic E-state index is 15.0. The van der Waals surface area contributed by atoms with Crippen molar-refractivity contribution in [2.75, 3.05) is 50.6 Å². The summed E-state index contributed by atoms with van der Waals surface area (Å²) in [5.41, 5.74) is 13.7. The second-order valence-electron chi connectivity index (χ2n) is 13.8. The normalized spacial score (nSPS) is 15.7. The van der Waals surface area contributed by atoms with Crippen LogP contribution in [0.4, 0.5) is 11.4 Å². The van der Waals surface area contributed by atoms with Crippen molar-refractivity contribution in [3.05, 3.63) is 135 Å². The number of fused-ring (bicyclic) bond motifs is 1. The van der Waals surface area contributed by atoms with E-state index < -0.39 is 0 Å². The first-order valence-electron chi connectivity index (χ1n) is 18.0. The molecule has 7 rings (SSSR count). The predicted molar refractivity (Wildman–Crippen MR) is 211 cm³/mol. The van der Waals surface area contributed by atoms with Gasteiger partial charge in [-0.3, -0.25) is 14.5 Å². The first kappa shape index (κ1) is 36.7. The minimum atomic E-state index is -0.244. The van der Waals surface area contributed by atoms with E-state index in [2.05, 4.69) is 23.1 Å². The summed E-state index contributed by atoms with van der Waals surface area (Å²) in [6.45, 7) is 6.18. The van der Waals surface area contributed by atoms with Crippen LogP contribution in [0.15, 0.2) is 91.0 Å². The number of aromatic nitrogens is 1. The number of methoxy groups -OCH3 is 1. The Kier molecular flexibility index (Phi) is 10.7. The zero-order chi connectivity index (χ0) is 37.9. The Morgan fingerprint density at radius 2 is 1.69 bits per heavy atom. The molecule has 0 saturated carbocycles. The van der Waals surface area contributed by atoms with Gasteiger partial charge < -0.3 is 29.6 Å². The van der Waals surface area contributed by atoms with Crippen LogP contribution in [0.3, 0.4) is 0 Å². The molecule has 1 atom stereocenters. The molecule has 54 heavy (non-hydrogen) atoms. The van der Waals surface area contributed by atoms with Gasteiger partial charge in [0.15, 0.2) is 0 Å². The summed E-state index contributed by atoms with van der Waals surface area (Å²) in [4.78, 5) is 35.7. The lowest BCUT2D eigenvalue weighted by Crippen LogP contribution is -2.52. The van der Waals surface area contributed by atoms with Crippen molar-refractivity contribution in [3.63, 3.8) is 0 Å². The number of para-hydroxylation sites is 1. The van der Waals surface area contributed by atoms with E-state index >= 15 is 4.79 Å². The van der Waals surface area contributed by atoms with Crippen LogP contribution in [-0.2, 0) is 31.3 Å². The molecule has 0 unspecified atom stereocenters. The molecule has 0 aliphatic carbocycles. The number of hydrogen-bond acceptors (Lipinski definition) is 7. The number of carbonyl (C=O) groups is 2. The number of nitrogens with zero attached hydrogens (tertiary/aromatic N) is 5. The lowest BCUT2D eigenvalue weighted by Gasteiger charge is -2.40. The fourth-order valence-electron chi connectivity index (χ4n) is 7.52. The molecular formula is C43H43ClN6O4. The highest BCUT2D eigenvalue weighted by atomic mass is 35.5. The van der Waals surface area contributed by atoms with Gasteiger partial charge in [0.2, 0.25) is 0 Å². The maximum atomic E-state index is 15.0. The van der Waals surface area contributed by atoms with Crippen molar-refractivity contribution in [2.24, 2.45) is 7.05 Å². The number of nitriles is 1. The third-order valence-corrected chi connectivity index (χ3v) is 10.9. The fourth-order valence-corrected chi connectivity index (χ4v) is 7.65. The maximum Gasteiger partial charge on any atom is 0.260 e. The highest BCUT2D eigenvalue weighted by Gasteiger charge is 2.34. The van der Waals surface area contributed by atoms with Gasteiger partial charge in [-0.25, -0.2) is 0 Å². The minimum absolute atomic E-state index is 0.100. The molecule has 0 radical (unpaired) electrons. The highest BCUT2D eigenvalue weighted by Crippen LogP contribution is 2.37. The van der Waals surface area contributed by atoms with Gasteiger partial charge >= 0.3 is 0 Å². The van der Waals surface area contributed by atoms with Gasteiger partial charge in [-0.2, -0.15) is 5.26 Å². The van der Waals surface area contributed by atoms with Gasteiger partial charge in [-0.15, -0.1) is 0 Å². The standard InChI is InChI=1S/C43H43ClN6O4/c1-28-36(42(51)49(34-14-12-33(44)13-15-34)26-31-10-6-7-11-39(31)46)22-40(47(28)2)37-23-41(53-3)32(24-45)21-38(37)43(52)50-25-30-9-5-4-8-29(30)20-35(50)27-48-16-18-54-19-17-48/h4-15,21-23,35H,16-20,25-27,46H2,1-3H3/t35-/m0/s1. The zero-order valence-corrected chi connectivity index (χ0v) is 31.5. The summed E-state index contributed by atoms with van der Waals surface area (Å²) < 4.78 is 13.2. The van der Waals surface area contributed by atoms with Crippen molar-refractivity contribution >= 4 is 34.8 Å². The number of rotatable bonds is 9. The number of hydrogen-bond donors (Lipinski definition) is 1. The quantitative estimate of drug-likeness (QED) is 0.164. The molecule has 1 aromatic heterocycles. The molecule has 10 nitrogen and oxygen atoms in total. The van der Waals surface area contributed by atoms with E-state index in [1.165, 1.54) is 12.7 Å². The number of amides is 2. The van der Waals surface area contributed by atoms with Gasteiger partial charge in [-0.05, 0) is 78.6 Å². The van der Waals surface area contributed by atoms with Crippen LogP contribution in [0.25, 0.3) is 11.3 Å². The molecule has 5 aromatic rings. The molecule has 276 valence electrons. The number of nitrogen functional groups attached to an aromatic ring is 1. The van der Waals surface area contributed by atoms with E-state index in [1.807, 2.05) is 78.0 Å². The van der Waals surface area contributed by atoms with Crippen LogP contribution >= 0.6 is 11.6 Å². The van der Waals surface area contributed by atoms with E-state index in [4.69, 9.17) is 26.8 Å². The molecule has 1 saturated heterocycles. The Hall–Kier alpha value is -5.60. The summed E-state index contributed by atoms with van der Waals surface area (Å²) in [6.07, 6.45) is 0.713. The van der Waals surface area contributed by atoms with Crippen molar-refractivity contribution in [2.45, 2.75) is 32.5 Å². The van der Waals surface area contributed by atoms with Crippen molar-refractivity contribution < 1.29 is 19.1 Å². The molecule has 2 N–H and O–H groups in total. The topological polar surface area (TPSA) is 117 Å². The molecule has 2 aliphatic heterocycles. The average molecular weight is 743 g/mol. The van der Waals surface area contributed by atoms with Gasteiger partial charge in [0, 0.05) is 72.6 Å². The smallest absolute Gasteiger partial charge is 0.260 e. The van der Waals surface area contributed by atoms with Crippen LogP contribution in [0.1, 0.15) is 48.7 Å². The summed E-state index contributed by atoms with van der Waals surface area (Å²) >= 11 is 6.25. The van der Waals surface area contributed by atoms with Gasteiger partial charge in [-0.1, -0.05) is 54.1 Å². The van der Waals surface area contributed by atoms with E-state index in [-0.39, 0.29) is 30.0 Å². The average Bonchev–Trinajstić information content (AvgIpc) is 3.49. The van der Waals surface area contributed by atoms with Crippen molar-refractivity contribution in [1.82, 2.24) is 14.4 Å². The summed E-state index contributed by atoms with van der Waals surface area (Å²) in [6, 6.07) is 30.2. The minimum Gasteiger partial charge on any atom is -0.495 e. The lowest BCUT2D eigenvalue weighted by atomic mass is 9.91. The molecule has 2 amide bonds. The largest absolute Gasteiger partial charge is 0.495 e. The molecule has 0 bridgehead atoms. The Morgan fingerprint density at radius 3 is 2.39 bits per heavy atom. The Labute approximate surface area is 320 Å². The molecule has 2 aliphatic rings. The van der Waals surface area contributed by atoms with Gasteiger partial charge in [0.25, 0.3) is 11.8 Å². The van der Waals surface area contributed by atoms with Crippen molar-refractivity contribution in [1.29, 1.82) is 5.26 Å². The van der Waals surface area contributed by atoms with E-state index in [0.29, 0.717) is 82.9 Å². The monoisotopic (exact) mass is 742 g/mol. The second kappa shape index (κ2) is 15.8. The molecular weight excluding hydrogens is 700 g/mol. The molecule has 11 heteroatoms. The summed E-state index contributed by atoms with van der Waals surface area (Å²) in [5.74, 6) is -0.0930. The third kappa shape index (κ3) is 7.31. The van der Waals surface area contributed by atoms with Crippen LogP contribution in [0.5, 0.6) is 5.75 Å². The SMILES string of the molecule is COc1cc(-c2cc(C(=O)N(Cc3ccccc3N)c3ccc(Cl)cc3)c(C)n2C)c(C(=O)N2Cc3ccccc3C[C@H]2CN2CCOCC2)cc1C#N. The van der Waals surface area contributed by atoms with Crippen LogP contribution in [-0.4, -0.2) is 72.2 Å². The number of ether oxygens (including phenoxy) is 2. The van der Waals surface area contributed by atoms with Gasteiger partial charge in [0.05, 0.1) is 43.6 Å².